The zero-order valence-electron chi connectivity index (χ0n) is 11.0. The van der Waals surface area contributed by atoms with Gasteiger partial charge in [0.05, 0.1) is 18.3 Å². The number of pyridine rings is 1. The van der Waals surface area contributed by atoms with Gasteiger partial charge in [0.1, 0.15) is 0 Å². The molecule has 4 nitrogen and oxygen atoms in total. The molecule has 4 heteroatoms. The lowest BCUT2D eigenvalue weighted by molar-refractivity contribution is 0.0428. The maximum Gasteiger partial charge on any atom is 0.0674 e. The van der Waals surface area contributed by atoms with Gasteiger partial charge in [0.25, 0.3) is 0 Å². The van der Waals surface area contributed by atoms with Gasteiger partial charge in [0, 0.05) is 18.3 Å². The van der Waals surface area contributed by atoms with Gasteiger partial charge in [-0.15, -0.1) is 0 Å². The highest BCUT2D eigenvalue weighted by atomic mass is 16.3. The number of nitrogens with two attached hydrogens (primary N) is 1. The standard InChI is InChI=1S/C14H23N3O/c1-11(15)14(13-7-2-4-8-16-13)17-9-5-3-6-12(17)10-18/h2,4,7-8,11-12,14,18H,3,5-6,9-10,15H2,1H3. The number of likely N-dealkylation sites (tertiary alicyclic amines) is 1. The summed E-state index contributed by atoms with van der Waals surface area (Å²) in [5.41, 5.74) is 7.16. The molecule has 2 heterocycles. The van der Waals surface area contributed by atoms with Gasteiger partial charge in [-0.2, -0.15) is 0 Å². The van der Waals surface area contributed by atoms with Gasteiger partial charge in [0.15, 0.2) is 0 Å². The molecule has 0 spiro atoms. The van der Waals surface area contributed by atoms with Gasteiger partial charge in [0.2, 0.25) is 0 Å². The Morgan fingerprint density at radius 2 is 2.33 bits per heavy atom. The normalized spacial score (nSPS) is 24.7. The second-order valence-corrected chi connectivity index (χ2v) is 5.13. The van der Waals surface area contributed by atoms with Gasteiger partial charge >= 0.3 is 0 Å². The number of nitrogens with zero attached hydrogens (tertiary/aromatic N) is 2. The van der Waals surface area contributed by atoms with Crippen LogP contribution in [0.5, 0.6) is 0 Å². The van der Waals surface area contributed by atoms with Gasteiger partial charge in [-0.1, -0.05) is 12.5 Å². The molecule has 0 amide bonds. The Balaban J connectivity index is 2.24. The highest BCUT2D eigenvalue weighted by Gasteiger charge is 2.32. The molecule has 0 aromatic carbocycles. The Labute approximate surface area is 109 Å². The van der Waals surface area contributed by atoms with Crippen LogP contribution in [0.2, 0.25) is 0 Å². The van der Waals surface area contributed by atoms with Crippen molar-refractivity contribution in [2.75, 3.05) is 13.2 Å². The van der Waals surface area contributed by atoms with Crippen molar-refractivity contribution in [3.8, 4) is 0 Å². The van der Waals surface area contributed by atoms with E-state index in [2.05, 4.69) is 9.88 Å². The van der Waals surface area contributed by atoms with E-state index in [1.165, 1.54) is 12.8 Å². The van der Waals surface area contributed by atoms with Crippen LogP contribution in [0.15, 0.2) is 24.4 Å². The fraction of sp³-hybridized carbons (Fsp3) is 0.643. The minimum absolute atomic E-state index is 0.00653. The molecule has 0 saturated carbocycles. The summed E-state index contributed by atoms with van der Waals surface area (Å²) in [6, 6.07) is 6.26. The summed E-state index contributed by atoms with van der Waals surface area (Å²) in [7, 11) is 0. The summed E-state index contributed by atoms with van der Waals surface area (Å²) in [5.74, 6) is 0. The fourth-order valence-corrected chi connectivity index (χ4v) is 2.88. The van der Waals surface area contributed by atoms with E-state index in [-0.39, 0.29) is 24.7 Å². The van der Waals surface area contributed by atoms with Gasteiger partial charge in [-0.25, -0.2) is 0 Å². The molecule has 1 aromatic rings. The largest absolute Gasteiger partial charge is 0.395 e. The summed E-state index contributed by atoms with van der Waals surface area (Å²) in [5, 5.41) is 9.54. The van der Waals surface area contributed by atoms with Gasteiger partial charge < -0.3 is 10.8 Å². The zero-order valence-corrected chi connectivity index (χ0v) is 11.0. The van der Waals surface area contributed by atoms with Crippen LogP contribution >= 0.6 is 0 Å². The fourth-order valence-electron chi connectivity index (χ4n) is 2.88. The van der Waals surface area contributed by atoms with E-state index in [9.17, 15) is 5.11 Å². The summed E-state index contributed by atoms with van der Waals surface area (Å²) in [4.78, 5) is 6.77. The van der Waals surface area contributed by atoms with E-state index in [1.54, 1.807) is 0 Å². The second-order valence-electron chi connectivity index (χ2n) is 5.13. The topological polar surface area (TPSA) is 62.4 Å². The molecule has 2 rings (SSSR count). The predicted octanol–water partition coefficient (Wildman–Crippen LogP) is 1.32. The average molecular weight is 249 g/mol. The van der Waals surface area contributed by atoms with Gasteiger partial charge in [-0.05, 0) is 38.4 Å². The van der Waals surface area contributed by atoms with E-state index in [0.29, 0.717) is 0 Å². The summed E-state index contributed by atoms with van der Waals surface area (Å²) in [6.45, 7) is 3.21. The number of rotatable bonds is 4. The molecule has 1 aliphatic heterocycles. The molecular formula is C14H23N3O. The zero-order chi connectivity index (χ0) is 13.0. The highest BCUT2D eigenvalue weighted by molar-refractivity contribution is 5.12. The van der Waals surface area contributed by atoms with Crippen molar-refractivity contribution in [2.24, 2.45) is 5.73 Å². The van der Waals surface area contributed by atoms with Crippen LogP contribution in [-0.2, 0) is 0 Å². The Morgan fingerprint density at radius 3 is 2.94 bits per heavy atom. The molecule has 1 aliphatic rings. The van der Waals surface area contributed by atoms with E-state index < -0.39 is 0 Å². The van der Waals surface area contributed by atoms with Crippen LogP contribution in [-0.4, -0.2) is 40.2 Å². The first-order valence-electron chi connectivity index (χ1n) is 6.77. The van der Waals surface area contributed by atoms with Crippen molar-refractivity contribution >= 4 is 0 Å². The first kappa shape index (κ1) is 13.5. The molecule has 3 N–H and O–H groups in total. The average Bonchev–Trinajstić information content (AvgIpc) is 2.40. The van der Waals surface area contributed by atoms with Crippen molar-refractivity contribution in [3.63, 3.8) is 0 Å². The Kier molecular flexibility index (Phi) is 4.69. The molecule has 3 unspecified atom stereocenters. The van der Waals surface area contributed by atoms with Crippen LogP contribution in [0.1, 0.15) is 37.9 Å². The third kappa shape index (κ3) is 2.88. The maximum atomic E-state index is 9.54. The molecule has 0 aliphatic carbocycles. The number of hydrogen-bond acceptors (Lipinski definition) is 4. The Bertz CT molecular complexity index is 355. The minimum Gasteiger partial charge on any atom is -0.395 e. The van der Waals surface area contributed by atoms with Crippen LogP contribution in [0, 0.1) is 0 Å². The molecule has 0 bridgehead atoms. The number of aliphatic hydroxyl groups excluding tert-OH is 1. The van der Waals surface area contributed by atoms with Crippen molar-refractivity contribution in [1.29, 1.82) is 0 Å². The number of aromatic nitrogens is 1. The van der Waals surface area contributed by atoms with Crippen LogP contribution < -0.4 is 5.73 Å². The Hall–Kier alpha value is -0.970. The van der Waals surface area contributed by atoms with Crippen LogP contribution in [0.4, 0.5) is 0 Å². The van der Waals surface area contributed by atoms with Crippen LogP contribution in [0.3, 0.4) is 0 Å². The van der Waals surface area contributed by atoms with E-state index in [1.807, 2.05) is 31.3 Å². The number of aliphatic hydroxyl groups is 1. The number of piperidine rings is 1. The lowest BCUT2D eigenvalue weighted by atomic mass is 9.95. The van der Waals surface area contributed by atoms with Crippen molar-refractivity contribution in [3.05, 3.63) is 30.1 Å². The molecule has 18 heavy (non-hydrogen) atoms. The van der Waals surface area contributed by atoms with E-state index in [4.69, 9.17) is 5.73 Å². The van der Waals surface area contributed by atoms with Crippen molar-refractivity contribution in [2.45, 2.75) is 44.3 Å². The third-order valence-corrected chi connectivity index (χ3v) is 3.73. The van der Waals surface area contributed by atoms with Gasteiger partial charge in [-0.3, -0.25) is 9.88 Å². The lowest BCUT2D eigenvalue weighted by Gasteiger charge is -2.41. The first-order chi connectivity index (χ1) is 8.74. The molecule has 1 aromatic heterocycles. The van der Waals surface area contributed by atoms with E-state index in [0.717, 1.165) is 18.7 Å². The minimum atomic E-state index is 0.00653. The smallest absolute Gasteiger partial charge is 0.0674 e. The molecule has 0 radical (unpaired) electrons. The van der Waals surface area contributed by atoms with Crippen molar-refractivity contribution < 1.29 is 5.11 Å². The van der Waals surface area contributed by atoms with Crippen molar-refractivity contribution in [1.82, 2.24) is 9.88 Å². The highest BCUT2D eigenvalue weighted by Crippen LogP contribution is 2.29. The summed E-state index contributed by atoms with van der Waals surface area (Å²) >= 11 is 0. The SMILES string of the molecule is CC(N)C(c1ccccn1)N1CCCCC1CO. The molecule has 100 valence electrons. The van der Waals surface area contributed by atoms with E-state index >= 15 is 0 Å². The molecule has 1 saturated heterocycles. The van der Waals surface area contributed by atoms with Crippen LogP contribution in [0.25, 0.3) is 0 Å². The second kappa shape index (κ2) is 6.27. The number of hydrogen-bond donors (Lipinski definition) is 2. The molecule has 3 atom stereocenters. The predicted molar refractivity (Wildman–Crippen MR) is 72.1 cm³/mol. The summed E-state index contributed by atoms with van der Waals surface area (Å²) in [6.07, 6.45) is 5.22. The third-order valence-electron chi connectivity index (χ3n) is 3.73. The molecule has 1 fully saturated rings. The quantitative estimate of drug-likeness (QED) is 0.844. The monoisotopic (exact) mass is 249 g/mol. The Morgan fingerprint density at radius 1 is 1.50 bits per heavy atom. The first-order valence-corrected chi connectivity index (χ1v) is 6.77. The summed E-state index contributed by atoms with van der Waals surface area (Å²) < 4.78 is 0. The lowest BCUT2D eigenvalue weighted by Crippen LogP contribution is -2.49. The molecular weight excluding hydrogens is 226 g/mol. The maximum absolute atomic E-state index is 9.54.